The summed E-state index contributed by atoms with van der Waals surface area (Å²) in [5.41, 5.74) is 25.8. The van der Waals surface area contributed by atoms with Crippen LogP contribution in [0.15, 0.2) is 219 Å². The van der Waals surface area contributed by atoms with Crippen molar-refractivity contribution >= 4 is 86.9 Å². The Bertz CT molecular complexity index is 5250. The summed E-state index contributed by atoms with van der Waals surface area (Å²) >= 11 is 6.05. The lowest BCUT2D eigenvalue weighted by molar-refractivity contribution is -0.118. The zero-order chi connectivity index (χ0) is 87.4. The zero-order valence-corrected chi connectivity index (χ0v) is 71.4. The topological polar surface area (TPSA) is 288 Å². The maximum atomic E-state index is 13.6. The molecule has 0 fully saturated rings. The van der Waals surface area contributed by atoms with Crippen LogP contribution in [0.3, 0.4) is 0 Å². The Morgan fingerprint density at radius 2 is 0.636 bits per heavy atom. The van der Waals surface area contributed by atoms with E-state index in [1.165, 1.54) is 6.20 Å². The summed E-state index contributed by atoms with van der Waals surface area (Å²) in [6, 6.07) is 52.4. The quantitative estimate of drug-likeness (QED) is 0.0336. The Balaban J connectivity index is 0.000000183. The number of nitrogens with zero attached hydrogens (tertiary/aromatic N) is 12. The van der Waals surface area contributed by atoms with Gasteiger partial charge in [-0.3, -0.25) is 58.3 Å². The number of benzene rings is 4. The molecule has 0 aliphatic rings. The van der Waals surface area contributed by atoms with Crippen LogP contribution in [0.4, 0.5) is 33.0 Å². The molecule has 622 valence electrons. The lowest BCUT2D eigenvalue weighted by Crippen LogP contribution is -2.25. The number of ketones is 4. The van der Waals surface area contributed by atoms with Gasteiger partial charge in [-0.1, -0.05) is 112 Å². The van der Waals surface area contributed by atoms with Gasteiger partial charge >= 0.3 is 0 Å². The van der Waals surface area contributed by atoms with Crippen molar-refractivity contribution in [3.63, 3.8) is 0 Å². The molecule has 0 aliphatic heterocycles. The summed E-state index contributed by atoms with van der Waals surface area (Å²) in [5, 5.41) is 0.429. The number of halogens is 2. The molecule has 12 aromatic rings. The standard InChI is InChI=1S/C25H27N3O3.C24H24ClN3O2.C24H24FN3O2.C24H26N4O2/c1-5-24(30)28(3)20-10-11-21(17(2)15-20)19-8-12-22(27-16-19)23(29)13-9-18-7-6-14-26-25(18)31-4;3*1-4-23(30)28(3)19-9-10-20(16(2)14-19)18-7-11-21(27-15-18)22(29)12-8-17-6-5-13-26-24(17)25/h6-8,10-12,14-16H,5,9,13H2,1-4H3;2*5-7,9-11,13-15H,4,8,12H2,1-3H3;5-7,9-11,13-15H,4,8,12H2,1-3H3,(H2,25,26). The lowest BCUT2D eigenvalue weighted by Gasteiger charge is -2.18. The number of aromatic nitrogens is 8. The second kappa shape index (κ2) is 44.3. The summed E-state index contributed by atoms with van der Waals surface area (Å²) in [6.07, 6.45) is 18.0. The first-order chi connectivity index (χ1) is 58.1. The van der Waals surface area contributed by atoms with E-state index in [2.05, 4.69) is 39.9 Å². The largest absolute Gasteiger partial charge is 0.481 e. The van der Waals surface area contributed by atoms with Crippen LogP contribution < -0.4 is 30.1 Å². The number of aryl methyl sites for hydroxylation is 8. The molecule has 0 unspecified atom stereocenters. The fourth-order valence-corrected chi connectivity index (χ4v) is 13.5. The molecule has 22 nitrogen and oxygen atoms in total. The van der Waals surface area contributed by atoms with Crippen LogP contribution >= 0.6 is 11.6 Å². The number of rotatable bonds is 29. The molecule has 121 heavy (non-hydrogen) atoms. The van der Waals surface area contributed by atoms with E-state index in [-0.39, 0.29) is 59.6 Å². The maximum Gasteiger partial charge on any atom is 0.226 e. The molecule has 0 saturated heterocycles. The average molecular weight is 1650 g/mol. The van der Waals surface area contributed by atoms with E-state index < -0.39 is 5.95 Å². The molecule has 8 heterocycles. The van der Waals surface area contributed by atoms with Crippen molar-refractivity contribution in [1.82, 2.24) is 39.9 Å². The Morgan fingerprint density at radius 1 is 0.355 bits per heavy atom. The number of amides is 4. The summed E-state index contributed by atoms with van der Waals surface area (Å²) in [5.74, 6) is 0.490. The first-order valence-corrected chi connectivity index (χ1v) is 40.4. The normalized spacial score (nSPS) is 10.6. The summed E-state index contributed by atoms with van der Waals surface area (Å²) in [6.45, 7) is 15.4. The molecular formula is C97H101ClFN13O9. The predicted molar refractivity (Wildman–Crippen MR) is 476 cm³/mol. The second-order valence-corrected chi connectivity index (χ2v) is 29.1. The van der Waals surface area contributed by atoms with E-state index in [0.717, 1.165) is 106 Å². The zero-order valence-electron chi connectivity index (χ0n) is 70.6. The summed E-state index contributed by atoms with van der Waals surface area (Å²) < 4.78 is 18.8. The minimum absolute atomic E-state index is 0.0239. The van der Waals surface area contributed by atoms with Gasteiger partial charge < -0.3 is 30.1 Å². The molecule has 8 aromatic heterocycles. The van der Waals surface area contributed by atoms with Crippen molar-refractivity contribution in [2.45, 2.75) is 132 Å². The van der Waals surface area contributed by atoms with Crippen LogP contribution in [-0.4, -0.2) is 122 Å². The van der Waals surface area contributed by atoms with Crippen molar-refractivity contribution in [3.8, 4) is 50.4 Å². The third-order valence-electron chi connectivity index (χ3n) is 20.7. The van der Waals surface area contributed by atoms with Crippen molar-refractivity contribution < 1.29 is 47.5 Å². The van der Waals surface area contributed by atoms with Crippen molar-refractivity contribution in [3.05, 3.63) is 298 Å². The highest BCUT2D eigenvalue weighted by atomic mass is 35.5. The number of nitrogen functional groups attached to an aromatic ring is 1. The molecule has 0 atom stereocenters. The third-order valence-corrected chi connectivity index (χ3v) is 21.0. The van der Waals surface area contributed by atoms with Crippen LogP contribution in [0.5, 0.6) is 5.88 Å². The number of pyridine rings is 8. The lowest BCUT2D eigenvalue weighted by atomic mass is 10.00. The Kier molecular flexibility index (Phi) is 33.5. The SMILES string of the molecule is CCC(=O)N(C)c1ccc(-c2ccc(C(=O)CCc3cccnc3Cl)nc2)c(C)c1.CCC(=O)N(C)c1ccc(-c2ccc(C(=O)CCc3cccnc3F)nc2)c(C)c1.CCC(=O)N(C)c1ccc(-c2ccc(C(=O)CCc3cccnc3N)nc2)c(C)c1.CCC(=O)N(C)c1ccc(-c2ccc(C(=O)CCc3cccnc3OC)nc2)c(C)c1. The maximum absolute atomic E-state index is 13.6. The van der Waals surface area contributed by atoms with Gasteiger partial charge in [-0.15, -0.1) is 0 Å². The van der Waals surface area contributed by atoms with Gasteiger partial charge in [0.25, 0.3) is 0 Å². The van der Waals surface area contributed by atoms with Gasteiger partial charge in [0.05, 0.1) is 7.11 Å². The first kappa shape index (κ1) is 91.4. The molecule has 0 aliphatic carbocycles. The Morgan fingerprint density at radius 3 is 0.926 bits per heavy atom. The molecule has 4 aromatic carbocycles. The molecule has 0 saturated carbocycles. The number of carbonyl (C=O) groups is 8. The van der Waals surface area contributed by atoms with E-state index in [4.69, 9.17) is 22.1 Å². The number of methoxy groups -OCH3 is 1. The smallest absolute Gasteiger partial charge is 0.226 e. The summed E-state index contributed by atoms with van der Waals surface area (Å²) in [7, 11) is 8.67. The summed E-state index contributed by atoms with van der Waals surface area (Å²) in [4.78, 5) is 138. The van der Waals surface area contributed by atoms with Crippen LogP contribution in [0.1, 0.15) is 166 Å². The fourth-order valence-electron chi connectivity index (χ4n) is 13.3. The first-order valence-electron chi connectivity index (χ1n) is 40.0. The van der Waals surface area contributed by atoms with Gasteiger partial charge in [0, 0.05) is 185 Å². The highest BCUT2D eigenvalue weighted by Gasteiger charge is 2.20. The highest BCUT2D eigenvalue weighted by molar-refractivity contribution is 6.30. The molecule has 0 spiro atoms. The molecule has 0 bridgehead atoms. The highest BCUT2D eigenvalue weighted by Crippen LogP contribution is 2.33. The molecule has 4 amide bonds. The Labute approximate surface area is 711 Å². The van der Waals surface area contributed by atoms with Crippen LogP contribution in [0.2, 0.25) is 5.15 Å². The van der Waals surface area contributed by atoms with Gasteiger partial charge in [-0.05, 0) is 206 Å². The van der Waals surface area contributed by atoms with Crippen LogP contribution in [0, 0.1) is 33.6 Å². The number of carbonyl (C=O) groups excluding carboxylic acids is 8. The van der Waals surface area contributed by atoms with E-state index >= 15 is 0 Å². The number of Topliss-reactive ketones (excluding diaryl/α,β-unsaturated/α-hetero) is 4. The predicted octanol–water partition coefficient (Wildman–Crippen LogP) is 18.9. The van der Waals surface area contributed by atoms with Crippen molar-refractivity contribution in [1.29, 1.82) is 0 Å². The molecular weight excluding hydrogens is 1550 g/mol. The van der Waals surface area contributed by atoms with Crippen LogP contribution in [-0.2, 0) is 44.9 Å². The minimum Gasteiger partial charge on any atom is -0.481 e. The number of hydrogen-bond acceptors (Lipinski definition) is 18. The Hall–Kier alpha value is -13.5. The average Bonchev–Trinajstić information content (AvgIpc) is 0.826. The van der Waals surface area contributed by atoms with Gasteiger partial charge in [0.2, 0.25) is 35.5 Å². The van der Waals surface area contributed by atoms with Gasteiger partial charge in [0.1, 0.15) is 33.7 Å². The number of hydrogen-bond donors (Lipinski definition) is 1. The molecule has 12 rings (SSSR count). The van der Waals surface area contributed by atoms with Gasteiger partial charge in [-0.2, -0.15) is 4.39 Å². The van der Waals surface area contributed by atoms with Gasteiger partial charge in [-0.25, -0.2) is 19.9 Å². The van der Waals surface area contributed by atoms with E-state index in [0.29, 0.717) is 109 Å². The number of anilines is 5. The van der Waals surface area contributed by atoms with E-state index in [1.54, 1.807) is 135 Å². The monoisotopic (exact) mass is 1650 g/mol. The van der Waals surface area contributed by atoms with Crippen molar-refractivity contribution in [2.75, 3.05) is 60.6 Å². The number of nitrogens with two attached hydrogens (primary N) is 1. The number of ether oxygens (including phenoxy) is 1. The molecule has 2 N–H and O–H groups in total. The van der Waals surface area contributed by atoms with Crippen molar-refractivity contribution in [2.24, 2.45) is 0 Å². The second-order valence-electron chi connectivity index (χ2n) is 28.8. The third kappa shape index (κ3) is 24.8. The van der Waals surface area contributed by atoms with E-state index in [9.17, 15) is 42.7 Å². The van der Waals surface area contributed by atoms with Crippen LogP contribution in [0.25, 0.3) is 44.5 Å². The van der Waals surface area contributed by atoms with E-state index in [1.807, 2.05) is 189 Å². The molecule has 0 radical (unpaired) electrons. The fraction of sp³-hybridized carbons (Fsp3) is 0.258. The van der Waals surface area contributed by atoms with Gasteiger partial charge in [0.15, 0.2) is 23.1 Å². The minimum atomic E-state index is -0.543. The molecule has 24 heteroatoms.